The van der Waals surface area contributed by atoms with Crippen LogP contribution in [0.25, 0.3) is 0 Å². The lowest BCUT2D eigenvalue weighted by Crippen LogP contribution is -2.05. The molecule has 4 heteroatoms. The molecule has 1 aromatic rings. The molecule has 14 heavy (non-hydrogen) atoms. The van der Waals surface area contributed by atoms with Gasteiger partial charge in [0.25, 0.3) is 0 Å². The lowest BCUT2D eigenvalue weighted by molar-refractivity contribution is 0.111. The van der Waals surface area contributed by atoms with Gasteiger partial charge in [-0.2, -0.15) is 0 Å². The van der Waals surface area contributed by atoms with Crippen LogP contribution in [0.1, 0.15) is 43.4 Å². The van der Waals surface area contributed by atoms with Gasteiger partial charge in [0, 0.05) is 6.54 Å². The molecule has 1 aromatic heterocycles. The van der Waals surface area contributed by atoms with Crippen molar-refractivity contribution in [3.63, 3.8) is 0 Å². The van der Waals surface area contributed by atoms with Crippen molar-refractivity contribution in [2.24, 2.45) is 5.92 Å². The Bertz CT molecular complexity index is 304. The van der Waals surface area contributed by atoms with Crippen LogP contribution in [-0.4, -0.2) is 21.3 Å². The number of hydrogen-bond acceptors (Lipinski definition) is 3. The zero-order valence-corrected chi connectivity index (χ0v) is 9.03. The molecule has 78 valence electrons. The third-order valence-electron chi connectivity index (χ3n) is 2.24. The van der Waals surface area contributed by atoms with Crippen LogP contribution in [0.3, 0.4) is 0 Å². The third-order valence-corrected chi connectivity index (χ3v) is 2.24. The molecule has 0 saturated carbocycles. The van der Waals surface area contributed by atoms with Gasteiger partial charge >= 0.3 is 0 Å². The summed E-state index contributed by atoms with van der Waals surface area (Å²) in [5.74, 6) is 0.634. The van der Waals surface area contributed by atoms with Crippen molar-refractivity contribution in [2.45, 2.75) is 40.2 Å². The van der Waals surface area contributed by atoms with Crippen molar-refractivity contribution in [3.8, 4) is 0 Å². The molecule has 0 radical (unpaired) electrons. The number of nitrogens with zero attached hydrogens (tertiary/aromatic N) is 3. The average molecular weight is 195 g/mol. The summed E-state index contributed by atoms with van der Waals surface area (Å²) in [6.45, 7) is 7.11. The smallest absolute Gasteiger partial charge is 0.172 e. The maximum Gasteiger partial charge on any atom is 0.172 e. The number of carbonyl (C=O) groups excluding carboxylic acids is 1. The van der Waals surface area contributed by atoms with Crippen molar-refractivity contribution in [1.29, 1.82) is 0 Å². The molecule has 0 aromatic carbocycles. The van der Waals surface area contributed by atoms with Crippen LogP contribution in [0.5, 0.6) is 0 Å². The number of aromatic nitrogens is 3. The molecule has 0 amide bonds. The first-order valence-electron chi connectivity index (χ1n) is 5.06. The molecule has 0 aliphatic rings. The largest absolute Gasteiger partial charge is 0.296 e. The van der Waals surface area contributed by atoms with Crippen LogP contribution >= 0.6 is 0 Å². The summed E-state index contributed by atoms with van der Waals surface area (Å²) in [7, 11) is 0. The average Bonchev–Trinajstić information content (AvgIpc) is 2.56. The van der Waals surface area contributed by atoms with Gasteiger partial charge in [-0.15, -0.1) is 5.10 Å². The van der Waals surface area contributed by atoms with Crippen LogP contribution in [0.4, 0.5) is 0 Å². The van der Waals surface area contributed by atoms with Crippen LogP contribution < -0.4 is 0 Å². The van der Waals surface area contributed by atoms with E-state index in [1.54, 1.807) is 4.68 Å². The molecule has 4 nitrogen and oxygen atoms in total. The van der Waals surface area contributed by atoms with E-state index in [2.05, 4.69) is 24.2 Å². The molecule has 0 unspecified atom stereocenters. The fourth-order valence-electron chi connectivity index (χ4n) is 1.37. The Morgan fingerprint density at radius 3 is 2.71 bits per heavy atom. The zero-order valence-electron chi connectivity index (χ0n) is 9.03. The Kier molecular flexibility index (Phi) is 3.80. The van der Waals surface area contributed by atoms with E-state index in [0.717, 1.165) is 31.4 Å². The Labute approximate surface area is 84.3 Å². The van der Waals surface area contributed by atoms with E-state index in [4.69, 9.17) is 0 Å². The van der Waals surface area contributed by atoms with Crippen LogP contribution in [0, 0.1) is 5.92 Å². The van der Waals surface area contributed by atoms with E-state index in [1.807, 2.05) is 6.92 Å². The Morgan fingerprint density at radius 2 is 2.21 bits per heavy atom. The summed E-state index contributed by atoms with van der Waals surface area (Å²) in [6.07, 6.45) is 2.73. The van der Waals surface area contributed by atoms with Crippen LogP contribution in [0.15, 0.2) is 0 Å². The second kappa shape index (κ2) is 4.88. The molecule has 0 spiro atoms. The first-order valence-corrected chi connectivity index (χ1v) is 5.06. The number of aryl methyl sites for hydroxylation is 1. The topological polar surface area (TPSA) is 47.8 Å². The van der Waals surface area contributed by atoms with Crippen molar-refractivity contribution in [1.82, 2.24) is 15.0 Å². The van der Waals surface area contributed by atoms with Crippen molar-refractivity contribution in [3.05, 3.63) is 11.4 Å². The number of hydrogen-bond donors (Lipinski definition) is 0. The van der Waals surface area contributed by atoms with Crippen molar-refractivity contribution < 1.29 is 4.79 Å². The van der Waals surface area contributed by atoms with Crippen molar-refractivity contribution in [2.75, 3.05) is 0 Å². The van der Waals surface area contributed by atoms with E-state index in [1.165, 1.54) is 0 Å². The predicted octanol–water partition coefficient (Wildman–Crippen LogP) is 1.70. The van der Waals surface area contributed by atoms with E-state index in [-0.39, 0.29) is 0 Å². The van der Waals surface area contributed by atoms with Gasteiger partial charge in [0.15, 0.2) is 6.29 Å². The molecule has 0 aliphatic heterocycles. The van der Waals surface area contributed by atoms with E-state index >= 15 is 0 Å². The maximum atomic E-state index is 10.7. The minimum absolute atomic E-state index is 0.493. The van der Waals surface area contributed by atoms with Gasteiger partial charge in [-0.3, -0.25) is 4.79 Å². The molecule has 1 heterocycles. The minimum Gasteiger partial charge on any atom is -0.296 e. The van der Waals surface area contributed by atoms with E-state index < -0.39 is 0 Å². The summed E-state index contributed by atoms with van der Waals surface area (Å²) >= 11 is 0. The molecule has 1 rings (SSSR count). The molecule has 0 aliphatic carbocycles. The first-order chi connectivity index (χ1) is 6.69. The highest BCUT2D eigenvalue weighted by Crippen LogP contribution is 2.10. The first kappa shape index (κ1) is 10.9. The highest BCUT2D eigenvalue weighted by molar-refractivity contribution is 5.73. The monoisotopic (exact) mass is 195 g/mol. The minimum atomic E-state index is 0.493. The predicted molar refractivity (Wildman–Crippen MR) is 54.2 cm³/mol. The third kappa shape index (κ3) is 2.40. The molecule has 0 bridgehead atoms. The van der Waals surface area contributed by atoms with Gasteiger partial charge in [-0.1, -0.05) is 19.1 Å². The van der Waals surface area contributed by atoms with Crippen LogP contribution in [0.2, 0.25) is 0 Å². The van der Waals surface area contributed by atoms with Gasteiger partial charge in [-0.25, -0.2) is 4.68 Å². The fraction of sp³-hybridized carbons (Fsp3) is 0.700. The number of aldehydes is 1. The standard InChI is InChI=1S/C10H17N3O/c1-4-13-10(6-5-8(2)3)9(7-14)11-12-13/h7-8H,4-6H2,1-3H3. The van der Waals surface area contributed by atoms with E-state index in [9.17, 15) is 4.79 Å². The fourth-order valence-corrected chi connectivity index (χ4v) is 1.37. The summed E-state index contributed by atoms with van der Waals surface area (Å²) < 4.78 is 1.80. The van der Waals surface area contributed by atoms with E-state index in [0.29, 0.717) is 11.6 Å². The summed E-state index contributed by atoms with van der Waals surface area (Å²) in [6, 6.07) is 0. The Morgan fingerprint density at radius 1 is 1.50 bits per heavy atom. The lowest BCUT2D eigenvalue weighted by Gasteiger charge is -2.06. The highest BCUT2D eigenvalue weighted by Gasteiger charge is 2.11. The molecule has 0 atom stereocenters. The molecular formula is C10H17N3O. The zero-order chi connectivity index (χ0) is 10.6. The molecule has 0 N–H and O–H groups in total. The molecule has 0 fully saturated rings. The maximum absolute atomic E-state index is 10.7. The Balaban J connectivity index is 2.80. The normalized spacial score (nSPS) is 10.9. The molecule has 0 saturated heterocycles. The van der Waals surface area contributed by atoms with Gasteiger partial charge in [0.05, 0.1) is 5.69 Å². The van der Waals surface area contributed by atoms with Gasteiger partial charge in [-0.05, 0) is 25.7 Å². The SMILES string of the molecule is CCn1nnc(C=O)c1CCC(C)C. The Hall–Kier alpha value is -1.19. The summed E-state index contributed by atoms with van der Waals surface area (Å²) in [5, 5.41) is 7.75. The summed E-state index contributed by atoms with van der Waals surface area (Å²) in [4.78, 5) is 10.7. The second-order valence-electron chi connectivity index (χ2n) is 3.79. The number of rotatable bonds is 5. The van der Waals surface area contributed by atoms with Gasteiger partial charge in [0.2, 0.25) is 0 Å². The van der Waals surface area contributed by atoms with Gasteiger partial charge < -0.3 is 0 Å². The summed E-state index contributed by atoms with van der Waals surface area (Å²) in [5.41, 5.74) is 1.46. The lowest BCUT2D eigenvalue weighted by atomic mass is 10.1. The number of carbonyl (C=O) groups is 1. The van der Waals surface area contributed by atoms with Crippen LogP contribution in [-0.2, 0) is 13.0 Å². The quantitative estimate of drug-likeness (QED) is 0.672. The second-order valence-corrected chi connectivity index (χ2v) is 3.79. The highest BCUT2D eigenvalue weighted by atomic mass is 16.1. The molecular weight excluding hydrogens is 178 g/mol. The van der Waals surface area contributed by atoms with Crippen molar-refractivity contribution >= 4 is 6.29 Å². The van der Waals surface area contributed by atoms with Gasteiger partial charge in [0.1, 0.15) is 5.69 Å².